The third-order valence-corrected chi connectivity index (χ3v) is 6.11. The largest absolute Gasteiger partial charge is 0.475 e. The molecule has 0 atom stereocenters. The van der Waals surface area contributed by atoms with Gasteiger partial charge in [0.15, 0.2) is 0 Å². The Morgan fingerprint density at radius 1 is 1.27 bits per heavy atom. The predicted molar refractivity (Wildman–Crippen MR) is 108 cm³/mol. The average molecular weight is 434 g/mol. The number of amides is 2. The zero-order chi connectivity index (χ0) is 21.6. The number of nitrogens with one attached hydrogen (secondary N) is 2. The van der Waals surface area contributed by atoms with E-state index in [2.05, 4.69) is 15.6 Å². The van der Waals surface area contributed by atoms with E-state index in [1.165, 1.54) is 30.5 Å². The Balaban J connectivity index is 1.69. The van der Waals surface area contributed by atoms with Crippen LogP contribution in [0.3, 0.4) is 0 Å². The van der Waals surface area contributed by atoms with E-state index in [0.717, 1.165) is 4.31 Å². The Bertz CT molecular complexity index is 1010. The Hall–Kier alpha value is -3.02. The van der Waals surface area contributed by atoms with Crippen molar-refractivity contribution in [3.63, 3.8) is 0 Å². The number of carbonyl (C=O) groups excluding carboxylic acids is 2. The number of nitrogens with zero attached hydrogens (tertiary/aromatic N) is 2. The average Bonchev–Trinajstić information content (AvgIpc) is 2.75. The Labute approximate surface area is 174 Å². The van der Waals surface area contributed by atoms with Crippen molar-refractivity contribution >= 4 is 27.5 Å². The summed E-state index contributed by atoms with van der Waals surface area (Å²) in [5.41, 5.74) is 0.595. The Morgan fingerprint density at radius 3 is 2.80 bits per heavy atom. The number of piperazine rings is 1. The summed E-state index contributed by atoms with van der Waals surface area (Å²) in [6.45, 7) is 0.964. The van der Waals surface area contributed by atoms with Crippen molar-refractivity contribution in [3.8, 4) is 5.88 Å². The second kappa shape index (κ2) is 9.65. The second-order valence-electron chi connectivity index (χ2n) is 6.40. The number of carbonyl (C=O) groups is 2. The molecule has 2 aromatic rings. The van der Waals surface area contributed by atoms with Gasteiger partial charge in [-0.15, -0.1) is 0 Å². The number of aromatic nitrogens is 1. The van der Waals surface area contributed by atoms with Crippen LogP contribution in [0.15, 0.2) is 47.5 Å². The first-order valence-corrected chi connectivity index (χ1v) is 10.6. The van der Waals surface area contributed by atoms with E-state index < -0.39 is 15.9 Å². The van der Waals surface area contributed by atoms with Gasteiger partial charge in [-0.05, 0) is 24.3 Å². The molecule has 11 heteroatoms. The molecule has 10 nitrogen and oxygen atoms in total. The lowest BCUT2D eigenvalue weighted by molar-refractivity contribution is -0.122. The highest BCUT2D eigenvalue weighted by Gasteiger charge is 2.29. The fraction of sp³-hybridized carbons (Fsp3) is 0.316. The number of benzene rings is 1. The first-order valence-electron chi connectivity index (χ1n) is 9.16. The second-order valence-corrected chi connectivity index (χ2v) is 8.33. The van der Waals surface area contributed by atoms with Gasteiger partial charge in [0, 0.05) is 31.8 Å². The number of methoxy groups -OCH3 is 1. The minimum atomic E-state index is -3.89. The molecule has 1 fully saturated rings. The van der Waals surface area contributed by atoms with Gasteiger partial charge in [0.1, 0.15) is 6.61 Å². The van der Waals surface area contributed by atoms with E-state index in [0.29, 0.717) is 24.8 Å². The molecule has 0 radical (unpaired) electrons. The minimum Gasteiger partial charge on any atom is -0.475 e. The molecule has 2 amide bonds. The minimum absolute atomic E-state index is 0.0510. The normalized spacial score (nSPS) is 14.8. The maximum atomic E-state index is 12.8. The molecule has 3 rings (SSSR count). The number of ether oxygens (including phenoxy) is 2. The van der Waals surface area contributed by atoms with Crippen LogP contribution in [0.4, 0.5) is 5.69 Å². The molecule has 0 saturated carbocycles. The van der Waals surface area contributed by atoms with Crippen LogP contribution in [0.25, 0.3) is 0 Å². The van der Waals surface area contributed by atoms with Gasteiger partial charge in [-0.1, -0.05) is 6.07 Å². The number of sulfonamides is 1. The number of hydrogen-bond acceptors (Lipinski definition) is 7. The highest BCUT2D eigenvalue weighted by molar-refractivity contribution is 7.89. The predicted octanol–water partition coefficient (Wildman–Crippen LogP) is 0.480. The van der Waals surface area contributed by atoms with Crippen molar-refractivity contribution in [1.82, 2.24) is 14.6 Å². The number of anilines is 1. The van der Waals surface area contributed by atoms with Crippen LogP contribution in [-0.2, 0) is 19.6 Å². The summed E-state index contributed by atoms with van der Waals surface area (Å²) in [6.07, 6.45) is 1.44. The van der Waals surface area contributed by atoms with E-state index in [1.807, 2.05) is 0 Å². The number of hydrogen-bond donors (Lipinski definition) is 2. The molecule has 2 N–H and O–H groups in total. The summed E-state index contributed by atoms with van der Waals surface area (Å²) in [5, 5.41) is 5.24. The maximum Gasteiger partial charge on any atom is 0.255 e. The van der Waals surface area contributed by atoms with E-state index in [4.69, 9.17) is 9.47 Å². The van der Waals surface area contributed by atoms with Crippen molar-refractivity contribution in [1.29, 1.82) is 0 Å². The molecule has 1 aromatic heterocycles. The van der Waals surface area contributed by atoms with Crippen molar-refractivity contribution < 1.29 is 27.5 Å². The van der Waals surface area contributed by atoms with Gasteiger partial charge in [-0.25, -0.2) is 13.4 Å². The van der Waals surface area contributed by atoms with E-state index in [9.17, 15) is 18.0 Å². The fourth-order valence-electron chi connectivity index (χ4n) is 2.74. The van der Waals surface area contributed by atoms with Crippen LogP contribution in [0.2, 0.25) is 0 Å². The summed E-state index contributed by atoms with van der Waals surface area (Å²) in [4.78, 5) is 28.1. The van der Waals surface area contributed by atoms with Gasteiger partial charge < -0.3 is 20.1 Å². The Morgan fingerprint density at radius 2 is 2.10 bits per heavy atom. The van der Waals surface area contributed by atoms with Gasteiger partial charge >= 0.3 is 0 Å². The Kier molecular flexibility index (Phi) is 6.98. The molecule has 0 bridgehead atoms. The van der Waals surface area contributed by atoms with Gasteiger partial charge in [-0.3, -0.25) is 9.59 Å². The van der Waals surface area contributed by atoms with Crippen LogP contribution in [0.5, 0.6) is 5.88 Å². The molecule has 1 aliphatic rings. The lowest BCUT2D eigenvalue weighted by Crippen LogP contribution is -2.49. The zero-order valence-corrected chi connectivity index (χ0v) is 17.1. The standard InChI is InChI=1S/C19H22N4O6S/c1-28-9-10-29-18-6-5-15(12-21-18)22-19(25)14-3-2-4-16(11-14)30(26,27)23-8-7-20-17(24)13-23/h2-6,11-12H,7-10,13H2,1H3,(H,20,24)(H,22,25). The topological polar surface area (TPSA) is 127 Å². The maximum absolute atomic E-state index is 12.8. The zero-order valence-electron chi connectivity index (χ0n) is 16.3. The van der Waals surface area contributed by atoms with Gasteiger partial charge in [0.25, 0.3) is 5.91 Å². The third kappa shape index (κ3) is 5.32. The van der Waals surface area contributed by atoms with Crippen LogP contribution in [-0.4, -0.2) is 69.5 Å². The summed E-state index contributed by atoms with van der Waals surface area (Å²) < 4.78 is 36.9. The number of rotatable bonds is 8. The van der Waals surface area contributed by atoms with E-state index in [-0.39, 0.29) is 36.0 Å². The van der Waals surface area contributed by atoms with Crippen molar-refractivity contribution in [2.45, 2.75) is 4.90 Å². The van der Waals surface area contributed by atoms with Crippen LogP contribution < -0.4 is 15.4 Å². The first kappa shape index (κ1) is 21.7. The summed E-state index contributed by atoms with van der Waals surface area (Å²) >= 11 is 0. The molecule has 0 spiro atoms. The molecule has 1 aromatic carbocycles. The van der Waals surface area contributed by atoms with Crippen LogP contribution >= 0.6 is 0 Å². The molecule has 0 aliphatic carbocycles. The summed E-state index contributed by atoms with van der Waals surface area (Å²) in [5.74, 6) is -0.456. The molecule has 0 unspecified atom stereocenters. The monoisotopic (exact) mass is 434 g/mol. The lowest BCUT2D eigenvalue weighted by atomic mass is 10.2. The molecule has 30 heavy (non-hydrogen) atoms. The first-order chi connectivity index (χ1) is 14.4. The van der Waals surface area contributed by atoms with E-state index >= 15 is 0 Å². The molecule has 160 valence electrons. The number of pyridine rings is 1. The van der Waals surface area contributed by atoms with Gasteiger partial charge in [0.05, 0.1) is 29.9 Å². The highest BCUT2D eigenvalue weighted by atomic mass is 32.2. The highest BCUT2D eigenvalue weighted by Crippen LogP contribution is 2.19. The molecule has 1 saturated heterocycles. The van der Waals surface area contributed by atoms with Crippen LogP contribution in [0, 0.1) is 0 Å². The molecule has 2 heterocycles. The lowest BCUT2D eigenvalue weighted by Gasteiger charge is -2.26. The molecule has 1 aliphatic heterocycles. The third-order valence-electron chi connectivity index (χ3n) is 4.27. The fourth-order valence-corrected chi connectivity index (χ4v) is 4.18. The van der Waals surface area contributed by atoms with E-state index in [1.54, 1.807) is 19.2 Å². The van der Waals surface area contributed by atoms with Crippen LogP contribution in [0.1, 0.15) is 10.4 Å². The van der Waals surface area contributed by atoms with Gasteiger partial charge in [0.2, 0.25) is 21.8 Å². The molecular formula is C19H22N4O6S. The van der Waals surface area contributed by atoms with Crippen molar-refractivity contribution in [2.24, 2.45) is 0 Å². The quantitative estimate of drug-likeness (QED) is 0.579. The van der Waals surface area contributed by atoms with Gasteiger partial charge in [-0.2, -0.15) is 4.31 Å². The van der Waals surface area contributed by atoms with Crippen molar-refractivity contribution in [2.75, 3.05) is 45.3 Å². The summed E-state index contributed by atoms with van der Waals surface area (Å²) in [6, 6.07) is 8.90. The molecular weight excluding hydrogens is 412 g/mol. The van der Waals surface area contributed by atoms with Crippen molar-refractivity contribution in [3.05, 3.63) is 48.2 Å². The summed E-state index contributed by atoms with van der Waals surface area (Å²) in [7, 11) is -2.32. The SMILES string of the molecule is COCCOc1ccc(NC(=O)c2cccc(S(=O)(=O)N3CCNC(=O)C3)c2)cn1. The smallest absolute Gasteiger partial charge is 0.255 e.